The van der Waals surface area contributed by atoms with Gasteiger partial charge in [0.2, 0.25) is 0 Å². The summed E-state index contributed by atoms with van der Waals surface area (Å²) in [5.74, 6) is -1.09. The fourth-order valence-electron chi connectivity index (χ4n) is 3.71. The van der Waals surface area contributed by atoms with E-state index in [2.05, 4.69) is 4.98 Å². The van der Waals surface area contributed by atoms with Crippen LogP contribution in [0.2, 0.25) is 0 Å². The average Bonchev–Trinajstić information content (AvgIpc) is 3.34. The van der Waals surface area contributed by atoms with Gasteiger partial charge in [-0.1, -0.05) is 36.4 Å². The fourth-order valence-corrected chi connectivity index (χ4v) is 3.71. The van der Waals surface area contributed by atoms with E-state index >= 15 is 0 Å². The second kappa shape index (κ2) is 8.27. The Morgan fingerprint density at radius 1 is 0.938 bits per heavy atom. The second-order valence-electron chi connectivity index (χ2n) is 7.30. The molecule has 0 aliphatic carbocycles. The van der Waals surface area contributed by atoms with Crippen LogP contribution in [0.1, 0.15) is 26.9 Å². The van der Waals surface area contributed by atoms with Crippen LogP contribution in [0.4, 0.5) is 0 Å². The van der Waals surface area contributed by atoms with Crippen LogP contribution in [0, 0.1) is 0 Å². The predicted octanol–water partition coefficient (Wildman–Crippen LogP) is 1.98. The second-order valence-corrected chi connectivity index (χ2v) is 7.30. The number of nitrogens with zero attached hydrogens (tertiary/aromatic N) is 2. The van der Waals surface area contributed by atoms with Crippen molar-refractivity contribution < 1.29 is 28.5 Å². The highest BCUT2D eigenvalue weighted by molar-refractivity contribution is 5.90. The Morgan fingerprint density at radius 3 is 2.28 bits per heavy atom. The summed E-state index contributed by atoms with van der Waals surface area (Å²) in [4.78, 5) is 40.5. The van der Waals surface area contributed by atoms with E-state index in [0.29, 0.717) is 11.1 Å². The molecule has 1 saturated heterocycles. The van der Waals surface area contributed by atoms with Crippen molar-refractivity contribution in [2.75, 3.05) is 6.61 Å². The third kappa shape index (κ3) is 3.74. The highest BCUT2D eigenvalue weighted by atomic mass is 16.7. The Bertz CT molecular complexity index is 1200. The van der Waals surface area contributed by atoms with Crippen molar-refractivity contribution in [2.45, 2.75) is 24.5 Å². The zero-order valence-corrected chi connectivity index (χ0v) is 16.7. The van der Waals surface area contributed by atoms with Gasteiger partial charge in [-0.25, -0.2) is 9.59 Å². The maximum absolute atomic E-state index is 12.7. The lowest BCUT2D eigenvalue weighted by molar-refractivity contribution is -0.0574. The van der Waals surface area contributed by atoms with Gasteiger partial charge in [-0.05, 0) is 24.3 Å². The number of ether oxygens (including phenoxy) is 4. The quantitative estimate of drug-likeness (QED) is 0.562. The summed E-state index contributed by atoms with van der Waals surface area (Å²) in [6.45, 7) is -0.153. The van der Waals surface area contributed by atoms with Gasteiger partial charge in [0.15, 0.2) is 18.4 Å². The molecule has 1 aromatic heterocycles. The molecule has 2 aliphatic rings. The van der Waals surface area contributed by atoms with Crippen molar-refractivity contribution in [1.29, 1.82) is 0 Å². The molecule has 1 fully saturated rings. The van der Waals surface area contributed by atoms with Crippen molar-refractivity contribution in [2.24, 2.45) is 0 Å². The SMILES string of the molecule is O=C(OC[C@@H]1O[C@@H]2[C@H](Oc3nc(=O)ccn32)[C@@H]1OC(=O)c1ccccc1)c1ccccc1. The first kappa shape index (κ1) is 20.0. The minimum Gasteiger partial charge on any atom is -0.459 e. The van der Waals surface area contributed by atoms with Gasteiger partial charge < -0.3 is 18.9 Å². The first-order valence-corrected chi connectivity index (χ1v) is 10.00. The van der Waals surface area contributed by atoms with E-state index in [0.717, 1.165) is 0 Å². The van der Waals surface area contributed by atoms with Gasteiger partial charge in [-0.15, -0.1) is 0 Å². The van der Waals surface area contributed by atoms with Crippen molar-refractivity contribution >= 4 is 11.9 Å². The lowest BCUT2D eigenvalue weighted by atomic mass is 10.1. The zero-order chi connectivity index (χ0) is 22.1. The van der Waals surface area contributed by atoms with E-state index < -0.39 is 42.0 Å². The highest BCUT2D eigenvalue weighted by Gasteiger charge is 2.54. The van der Waals surface area contributed by atoms with Gasteiger partial charge in [0.05, 0.1) is 11.1 Å². The number of benzene rings is 2. The molecule has 0 bridgehead atoms. The molecule has 162 valence electrons. The molecule has 3 aromatic rings. The third-order valence-corrected chi connectivity index (χ3v) is 5.25. The van der Waals surface area contributed by atoms with E-state index in [-0.39, 0.29) is 12.6 Å². The lowest BCUT2D eigenvalue weighted by Crippen LogP contribution is -2.40. The summed E-state index contributed by atoms with van der Waals surface area (Å²) in [6.07, 6.45) is -1.61. The summed E-state index contributed by atoms with van der Waals surface area (Å²) in [5, 5.41) is 0. The van der Waals surface area contributed by atoms with Crippen LogP contribution in [0.3, 0.4) is 0 Å². The number of hydrogen-bond donors (Lipinski definition) is 0. The topological polar surface area (TPSA) is 106 Å². The minimum absolute atomic E-state index is 0.0768. The molecule has 0 unspecified atom stereocenters. The van der Waals surface area contributed by atoms with Crippen molar-refractivity contribution in [1.82, 2.24) is 9.55 Å². The van der Waals surface area contributed by atoms with Crippen molar-refractivity contribution in [3.05, 3.63) is 94.4 Å². The molecule has 3 heterocycles. The van der Waals surface area contributed by atoms with E-state index in [9.17, 15) is 14.4 Å². The molecule has 0 amide bonds. The zero-order valence-electron chi connectivity index (χ0n) is 16.7. The Morgan fingerprint density at radius 2 is 1.59 bits per heavy atom. The van der Waals surface area contributed by atoms with Crippen LogP contribution < -0.4 is 10.3 Å². The number of aromatic nitrogens is 2. The Labute approximate surface area is 182 Å². The third-order valence-electron chi connectivity index (χ3n) is 5.25. The van der Waals surface area contributed by atoms with Crippen molar-refractivity contribution in [3.8, 4) is 6.01 Å². The highest BCUT2D eigenvalue weighted by Crippen LogP contribution is 2.40. The Hall–Kier alpha value is -3.98. The average molecular weight is 434 g/mol. The molecule has 0 spiro atoms. The van der Waals surface area contributed by atoms with Crippen LogP contribution in [0.5, 0.6) is 6.01 Å². The summed E-state index contributed by atoms with van der Waals surface area (Å²) < 4.78 is 24.5. The molecule has 2 aliphatic heterocycles. The Kier molecular flexibility index (Phi) is 5.16. The summed E-state index contributed by atoms with van der Waals surface area (Å²) in [7, 11) is 0. The number of fused-ring (bicyclic) bond motifs is 3. The predicted molar refractivity (Wildman–Crippen MR) is 109 cm³/mol. The van der Waals surface area contributed by atoms with Gasteiger partial charge in [0, 0.05) is 12.3 Å². The standard InChI is InChI=1S/C23H18N2O7/c26-17-11-12-25-20-19(32-23(25)24-17)18(31-22(28)15-9-5-2-6-10-15)16(30-20)13-29-21(27)14-7-3-1-4-8-14/h1-12,16,18-20H,13H2/t16-,18+,19+,20+/m0/s1. The maximum atomic E-state index is 12.7. The lowest BCUT2D eigenvalue weighted by Gasteiger charge is -2.22. The van der Waals surface area contributed by atoms with E-state index in [1.165, 1.54) is 12.3 Å². The van der Waals surface area contributed by atoms with Crippen molar-refractivity contribution in [3.63, 3.8) is 0 Å². The molecule has 5 rings (SSSR count). The number of rotatable bonds is 5. The van der Waals surface area contributed by atoms with Crippen LogP contribution in [0.25, 0.3) is 0 Å². The van der Waals surface area contributed by atoms with E-state index in [1.54, 1.807) is 65.2 Å². The normalized spacial score (nSPS) is 23.0. The van der Waals surface area contributed by atoms with Gasteiger partial charge in [0.25, 0.3) is 5.56 Å². The number of carbonyl (C=O) groups is 2. The van der Waals surface area contributed by atoms with Crippen LogP contribution in [-0.4, -0.2) is 46.4 Å². The number of hydrogen-bond acceptors (Lipinski definition) is 8. The molecule has 0 radical (unpaired) electrons. The van der Waals surface area contributed by atoms with Gasteiger partial charge in [-0.2, -0.15) is 4.98 Å². The van der Waals surface area contributed by atoms with Crippen LogP contribution in [0.15, 0.2) is 77.7 Å². The molecule has 0 saturated carbocycles. The molecule has 2 aromatic carbocycles. The van der Waals surface area contributed by atoms with Gasteiger partial charge in [-0.3, -0.25) is 9.36 Å². The number of esters is 2. The molecular formula is C23H18N2O7. The molecule has 0 N–H and O–H groups in total. The minimum atomic E-state index is -0.895. The summed E-state index contributed by atoms with van der Waals surface area (Å²) >= 11 is 0. The monoisotopic (exact) mass is 434 g/mol. The molecule has 4 atom stereocenters. The first-order chi connectivity index (χ1) is 15.6. The number of carbonyl (C=O) groups excluding carboxylic acids is 2. The smallest absolute Gasteiger partial charge is 0.338 e. The summed E-state index contributed by atoms with van der Waals surface area (Å²) in [6, 6.07) is 18.4. The molecule has 32 heavy (non-hydrogen) atoms. The molecular weight excluding hydrogens is 416 g/mol. The first-order valence-electron chi connectivity index (χ1n) is 10.00. The fraction of sp³-hybridized carbons (Fsp3) is 0.217. The van der Waals surface area contributed by atoms with Crippen LogP contribution in [-0.2, 0) is 14.2 Å². The van der Waals surface area contributed by atoms with E-state index in [4.69, 9.17) is 18.9 Å². The van der Waals surface area contributed by atoms with Gasteiger partial charge in [0.1, 0.15) is 12.7 Å². The Balaban J connectivity index is 1.37. The maximum Gasteiger partial charge on any atom is 0.338 e. The summed E-state index contributed by atoms with van der Waals surface area (Å²) in [5.41, 5.74) is 0.299. The largest absolute Gasteiger partial charge is 0.459 e. The molecule has 9 nitrogen and oxygen atoms in total. The van der Waals surface area contributed by atoms with Crippen LogP contribution >= 0.6 is 0 Å². The molecule has 9 heteroatoms. The van der Waals surface area contributed by atoms with E-state index in [1.807, 2.05) is 0 Å². The van der Waals surface area contributed by atoms with Gasteiger partial charge >= 0.3 is 17.9 Å².